The van der Waals surface area contributed by atoms with Gasteiger partial charge in [0.25, 0.3) is 0 Å². The fourth-order valence-corrected chi connectivity index (χ4v) is 3.98. The van der Waals surface area contributed by atoms with Crippen LogP contribution in [0.4, 0.5) is 4.79 Å². The lowest BCUT2D eigenvalue weighted by Gasteiger charge is -2.25. The number of carbonyl (C=O) groups is 1. The molecule has 0 heterocycles. The van der Waals surface area contributed by atoms with Gasteiger partial charge in [-0.1, -0.05) is 50.8 Å². The van der Waals surface area contributed by atoms with Crippen molar-refractivity contribution in [1.82, 2.24) is 5.32 Å². The normalized spacial score (nSPS) is 29.6. The molecule has 0 spiro atoms. The summed E-state index contributed by atoms with van der Waals surface area (Å²) in [5, 5.41) is 3.31. The molecule has 0 bridgehead atoms. The molecule has 0 unspecified atom stereocenters. The van der Waals surface area contributed by atoms with Crippen LogP contribution in [0.2, 0.25) is 5.82 Å². The van der Waals surface area contributed by atoms with Crippen molar-refractivity contribution in [3.05, 3.63) is 0 Å². The topological polar surface area (TPSA) is 55.1 Å². The van der Waals surface area contributed by atoms with Crippen molar-refractivity contribution >= 4 is 13.1 Å². The van der Waals surface area contributed by atoms with Crippen molar-refractivity contribution in [3.8, 4) is 0 Å². The molecule has 0 saturated heterocycles. The second-order valence-corrected chi connectivity index (χ2v) is 7.30. The third-order valence-electron chi connectivity index (χ3n) is 5.32. The molecule has 0 aromatic rings. The first-order valence-corrected chi connectivity index (χ1v) is 9.29. The highest BCUT2D eigenvalue weighted by Gasteiger charge is 2.21. The highest BCUT2D eigenvalue weighted by molar-refractivity contribution is 6.74. The summed E-state index contributed by atoms with van der Waals surface area (Å²) >= 11 is 0. The van der Waals surface area contributed by atoms with Crippen molar-refractivity contribution in [2.75, 3.05) is 0 Å². The van der Waals surface area contributed by atoms with Gasteiger partial charge >= 0.3 is 0 Å². The summed E-state index contributed by atoms with van der Waals surface area (Å²) in [7, 11) is 0.760. The molecule has 2 rings (SSSR count). The summed E-state index contributed by atoms with van der Waals surface area (Å²) in [5.41, 5.74) is 6.01. The van der Waals surface area contributed by atoms with Crippen molar-refractivity contribution in [3.63, 3.8) is 0 Å². The Hall–Kier alpha value is -0.505. The van der Waals surface area contributed by atoms with E-state index in [2.05, 4.69) is 5.32 Å². The third-order valence-corrected chi connectivity index (χ3v) is 5.32. The molecule has 2 fully saturated rings. The summed E-state index contributed by atoms with van der Waals surface area (Å²) in [6.45, 7) is 0. The molecule has 0 radical (unpaired) electrons. The van der Waals surface area contributed by atoms with Gasteiger partial charge in [-0.2, -0.15) is 0 Å². The minimum atomic E-state index is 0.301. The van der Waals surface area contributed by atoms with E-state index in [1.165, 1.54) is 44.9 Å². The lowest BCUT2D eigenvalue weighted by atomic mass is 9.59. The van der Waals surface area contributed by atoms with Gasteiger partial charge in [0.15, 0.2) is 5.81 Å². The highest BCUT2D eigenvalue weighted by atomic mass is 16.1. The van der Waals surface area contributed by atoms with Gasteiger partial charge in [-0.15, -0.1) is 0 Å². The van der Waals surface area contributed by atoms with Crippen LogP contribution >= 0.6 is 0 Å². The van der Waals surface area contributed by atoms with Gasteiger partial charge in [0.2, 0.25) is 7.28 Å². The molecule has 4 heteroatoms. The Bertz CT molecular complexity index is 293. The fraction of sp³-hybridized carbons (Fsp3) is 0.941. The summed E-state index contributed by atoms with van der Waals surface area (Å²) in [6, 6.07) is 0.787. The predicted octanol–water partition coefficient (Wildman–Crippen LogP) is 3.72. The zero-order valence-electron chi connectivity index (χ0n) is 13.6. The zero-order valence-corrected chi connectivity index (χ0v) is 13.6. The average Bonchev–Trinajstić information content (AvgIpc) is 2.39. The van der Waals surface area contributed by atoms with E-state index in [0.29, 0.717) is 23.7 Å². The number of nitrogens with one attached hydrogen (secondary N) is 1. The molecule has 0 aliphatic heterocycles. The summed E-state index contributed by atoms with van der Waals surface area (Å²) in [6.07, 6.45) is 16.1. The number of hydrogen-bond donors (Lipinski definition) is 2. The van der Waals surface area contributed by atoms with Gasteiger partial charge in [-0.25, -0.2) is 0 Å². The number of rotatable bonds is 3. The Kier molecular flexibility index (Phi) is 7.63. The smallest absolute Gasteiger partial charge is 0.237 e. The van der Waals surface area contributed by atoms with Crippen molar-refractivity contribution in [2.24, 2.45) is 5.73 Å². The van der Waals surface area contributed by atoms with Crippen LogP contribution in [0.5, 0.6) is 0 Å². The zero-order chi connectivity index (χ0) is 14.9. The van der Waals surface area contributed by atoms with Crippen LogP contribution in [0.25, 0.3) is 0 Å². The average molecular weight is 292 g/mol. The van der Waals surface area contributed by atoms with Gasteiger partial charge in [-0.3, -0.25) is 4.79 Å². The van der Waals surface area contributed by atoms with Crippen LogP contribution in [0.1, 0.15) is 83.5 Å². The Morgan fingerprint density at radius 2 is 1.38 bits per heavy atom. The number of nitrogens with two attached hydrogens (primary N) is 1. The van der Waals surface area contributed by atoms with E-state index < -0.39 is 0 Å². The van der Waals surface area contributed by atoms with E-state index in [0.717, 1.165) is 45.8 Å². The summed E-state index contributed by atoms with van der Waals surface area (Å²) in [5.74, 6) is 0.933. The van der Waals surface area contributed by atoms with Crippen molar-refractivity contribution in [2.45, 2.75) is 101 Å². The number of hydrogen-bond acceptors (Lipinski definition) is 2. The lowest BCUT2D eigenvalue weighted by Crippen LogP contribution is -2.39. The number of carbonyl (C=O) groups excluding carboxylic acids is 1. The second-order valence-electron chi connectivity index (χ2n) is 7.30. The van der Waals surface area contributed by atoms with Crippen LogP contribution < -0.4 is 11.1 Å². The molecule has 0 aromatic heterocycles. The molecule has 1 amide bonds. The van der Waals surface area contributed by atoms with Crippen LogP contribution in [-0.2, 0) is 0 Å². The Morgan fingerprint density at radius 1 is 0.810 bits per heavy atom. The number of amides is 1. The molecule has 2 aliphatic carbocycles. The monoisotopic (exact) mass is 292 g/mol. The van der Waals surface area contributed by atoms with Crippen LogP contribution in [0.15, 0.2) is 0 Å². The van der Waals surface area contributed by atoms with Gasteiger partial charge in [0.05, 0.1) is 0 Å². The predicted molar refractivity (Wildman–Crippen MR) is 91.2 cm³/mol. The maximum atomic E-state index is 12.3. The van der Waals surface area contributed by atoms with Gasteiger partial charge < -0.3 is 11.1 Å². The third kappa shape index (κ3) is 6.86. The Labute approximate surface area is 131 Å². The van der Waals surface area contributed by atoms with E-state index in [-0.39, 0.29) is 0 Å². The molecule has 3 nitrogen and oxygen atoms in total. The van der Waals surface area contributed by atoms with E-state index in [4.69, 9.17) is 5.73 Å². The standard InChI is InChI=1S/C17H33BN2O/c19-15-10-6-12-16(13-7-11-15)20-17(21)18-14-8-4-2-1-3-5-9-14/h14-16,18H,1-13,19H2,(H,20,21). The molecular weight excluding hydrogens is 259 g/mol. The summed E-state index contributed by atoms with van der Waals surface area (Å²) in [4.78, 5) is 12.3. The first-order chi connectivity index (χ1) is 10.2. The minimum absolute atomic E-state index is 0.301. The Balaban J connectivity index is 1.69. The fourth-order valence-electron chi connectivity index (χ4n) is 3.98. The van der Waals surface area contributed by atoms with E-state index in [1.807, 2.05) is 0 Å². The largest absolute Gasteiger partial charge is 0.362 e. The SMILES string of the molecule is NC1CCCC(NC(=O)BC2CCCCCCC2)CCC1. The first-order valence-electron chi connectivity index (χ1n) is 9.29. The highest BCUT2D eigenvalue weighted by Crippen LogP contribution is 2.26. The molecule has 120 valence electrons. The maximum absolute atomic E-state index is 12.3. The van der Waals surface area contributed by atoms with Gasteiger partial charge in [-0.05, 0) is 38.5 Å². The van der Waals surface area contributed by atoms with Crippen LogP contribution in [0, 0.1) is 0 Å². The maximum Gasteiger partial charge on any atom is 0.237 e. The van der Waals surface area contributed by atoms with Gasteiger partial charge in [0.1, 0.15) is 0 Å². The molecule has 0 aromatic carbocycles. The first kappa shape index (κ1) is 16.9. The minimum Gasteiger partial charge on any atom is -0.362 e. The quantitative estimate of drug-likeness (QED) is 0.779. The van der Waals surface area contributed by atoms with E-state index in [9.17, 15) is 4.79 Å². The van der Waals surface area contributed by atoms with E-state index in [1.54, 1.807) is 0 Å². The Morgan fingerprint density at radius 3 is 2.00 bits per heavy atom. The molecule has 0 atom stereocenters. The summed E-state index contributed by atoms with van der Waals surface area (Å²) < 4.78 is 0. The van der Waals surface area contributed by atoms with Gasteiger partial charge in [0, 0.05) is 12.1 Å². The second kappa shape index (κ2) is 9.50. The van der Waals surface area contributed by atoms with Crippen molar-refractivity contribution < 1.29 is 4.79 Å². The lowest BCUT2D eigenvalue weighted by molar-refractivity contribution is 0.251. The van der Waals surface area contributed by atoms with E-state index >= 15 is 0 Å². The molecular formula is C17H33BN2O. The van der Waals surface area contributed by atoms with Crippen molar-refractivity contribution in [1.29, 1.82) is 0 Å². The molecule has 2 saturated carbocycles. The molecule has 2 aliphatic rings. The van der Waals surface area contributed by atoms with Crippen LogP contribution in [0.3, 0.4) is 0 Å². The molecule has 3 N–H and O–H groups in total. The molecule has 21 heavy (non-hydrogen) atoms. The van der Waals surface area contributed by atoms with Crippen LogP contribution in [-0.4, -0.2) is 25.2 Å².